The Morgan fingerprint density at radius 1 is 1.21 bits per heavy atom. The quantitative estimate of drug-likeness (QED) is 0.322. The van der Waals surface area contributed by atoms with E-state index in [0.29, 0.717) is 44.6 Å². The van der Waals surface area contributed by atoms with Crippen LogP contribution in [-0.2, 0) is 5.75 Å². The molecule has 3 aromatic heterocycles. The standard InChI is InChI=1S/C14H10IN7OS/c15-6-1-2-8-7(3-6)13(23)20-9(19-8)4-24-14-21-10-11(16)17-5-18-12(10)22-14/h1-3,5H,4H2,(H,19,20,23)(H3,16,17,18,21,22). The van der Waals surface area contributed by atoms with Gasteiger partial charge in [-0.15, -0.1) is 0 Å². The van der Waals surface area contributed by atoms with Gasteiger partial charge in [-0.05, 0) is 40.8 Å². The molecule has 4 aromatic rings. The fraction of sp³-hybridized carbons (Fsp3) is 0.0714. The maximum Gasteiger partial charge on any atom is 0.258 e. The van der Waals surface area contributed by atoms with E-state index in [2.05, 4.69) is 52.5 Å². The van der Waals surface area contributed by atoms with E-state index < -0.39 is 0 Å². The Kier molecular flexibility index (Phi) is 3.84. The van der Waals surface area contributed by atoms with Crippen molar-refractivity contribution >= 4 is 62.2 Å². The number of aromatic amines is 2. The molecule has 0 amide bonds. The minimum Gasteiger partial charge on any atom is -0.382 e. The summed E-state index contributed by atoms with van der Waals surface area (Å²) < 4.78 is 0.996. The summed E-state index contributed by atoms with van der Waals surface area (Å²) in [6.07, 6.45) is 1.37. The minimum absolute atomic E-state index is 0.145. The van der Waals surface area contributed by atoms with E-state index in [0.717, 1.165) is 3.57 Å². The second-order valence-electron chi connectivity index (χ2n) is 4.96. The number of nitrogens with two attached hydrogens (primary N) is 1. The van der Waals surface area contributed by atoms with Gasteiger partial charge in [-0.1, -0.05) is 11.8 Å². The lowest BCUT2D eigenvalue weighted by Crippen LogP contribution is -2.11. The van der Waals surface area contributed by atoms with E-state index in [1.807, 2.05) is 18.2 Å². The number of thioether (sulfide) groups is 1. The van der Waals surface area contributed by atoms with E-state index in [9.17, 15) is 4.79 Å². The molecule has 0 saturated carbocycles. The van der Waals surface area contributed by atoms with Gasteiger partial charge in [0.1, 0.15) is 17.7 Å². The number of fused-ring (bicyclic) bond motifs is 2. The van der Waals surface area contributed by atoms with Crippen molar-refractivity contribution in [3.05, 3.63) is 44.3 Å². The van der Waals surface area contributed by atoms with Crippen LogP contribution in [0.25, 0.3) is 22.1 Å². The zero-order valence-electron chi connectivity index (χ0n) is 12.1. The third-order valence-electron chi connectivity index (χ3n) is 3.36. The smallest absolute Gasteiger partial charge is 0.258 e. The lowest BCUT2D eigenvalue weighted by atomic mass is 10.2. The summed E-state index contributed by atoms with van der Waals surface area (Å²) in [7, 11) is 0. The molecule has 0 saturated heterocycles. The van der Waals surface area contributed by atoms with Crippen LogP contribution in [0.1, 0.15) is 5.82 Å². The van der Waals surface area contributed by atoms with Crippen LogP contribution in [0.4, 0.5) is 5.82 Å². The summed E-state index contributed by atoms with van der Waals surface area (Å²) in [5, 5.41) is 1.23. The SMILES string of the molecule is Nc1ncnc2nc(SCc3nc4ccc(I)cc4c(=O)[nH]3)[nH]c12. The van der Waals surface area contributed by atoms with Crippen LogP contribution in [0.2, 0.25) is 0 Å². The first-order valence-electron chi connectivity index (χ1n) is 6.87. The molecule has 4 rings (SSSR count). The van der Waals surface area contributed by atoms with Crippen LogP contribution in [-0.4, -0.2) is 29.9 Å². The van der Waals surface area contributed by atoms with Gasteiger partial charge in [0.25, 0.3) is 5.56 Å². The zero-order valence-corrected chi connectivity index (χ0v) is 15.1. The fourth-order valence-electron chi connectivity index (χ4n) is 2.26. The van der Waals surface area contributed by atoms with Crippen molar-refractivity contribution in [1.29, 1.82) is 0 Å². The number of nitrogens with one attached hydrogen (secondary N) is 2. The van der Waals surface area contributed by atoms with Crippen LogP contribution < -0.4 is 11.3 Å². The number of H-pyrrole nitrogens is 2. The predicted octanol–water partition coefficient (Wildman–Crippen LogP) is 2.07. The molecule has 1 aromatic carbocycles. The molecule has 0 aliphatic heterocycles. The number of hydrogen-bond acceptors (Lipinski definition) is 7. The first-order valence-corrected chi connectivity index (χ1v) is 8.94. The lowest BCUT2D eigenvalue weighted by Gasteiger charge is -2.02. The van der Waals surface area contributed by atoms with Gasteiger partial charge in [0.05, 0.1) is 16.7 Å². The number of nitrogens with zero attached hydrogens (tertiary/aromatic N) is 4. The van der Waals surface area contributed by atoms with Gasteiger partial charge in [0.2, 0.25) is 0 Å². The Balaban J connectivity index is 1.63. The highest BCUT2D eigenvalue weighted by Crippen LogP contribution is 2.23. The molecule has 3 heterocycles. The van der Waals surface area contributed by atoms with Crippen molar-refractivity contribution in [3.63, 3.8) is 0 Å². The largest absolute Gasteiger partial charge is 0.382 e. The molecular formula is C14H10IN7OS. The molecule has 0 aliphatic rings. The van der Waals surface area contributed by atoms with Crippen molar-refractivity contribution < 1.29 is 0 Å². The minimum atomic E-state index is -0.145. The van der Waals surface area contributed by atoms with Crippen LogP contribution in [0.5, 0.6) is 0 Å². The van der Waals surface area contributed by atoms with Crippen LogP contribution >= 0.6 is 34.4 Å². The van der Waals surface area contributed by atoms with Gasteiger partial charge in [0, 0.05) is 3.57 Å². The highest BCUT2D eigenvalue weighted by molar-refractivity contribution is 14.1. The average molecular weight is 451 g/mol. The number of benzene rings is 1. The highest BCUT2D eigenvalue weighted by atomic mass is 127. The summed E-state index contributed by atoms with van der Waals surface area (Å²) in [6.45, 7) is 0. The second kappa shape index (κ2) is 6.02. The molecule has 8 nitrogen and oxygen atoms in total. The van der Waals surface area contributed by atoms with Gasteiger partial charge < -0.3 is 15.7 Å². The summed E-state index contributed by atoms with van der Waals surface area (Å²) in [5.41, 5.74) is 7.43. The Hall–Kier alpha value is -2.21. The molecule has 4 N–H and O–H groups in total. The normalized spacial score (nSPS) is 11.4. The molecule has 0 bridgehead atoms. The summed E-state index contributed by atoms with van der Waals surface area (Å²) in [6, 6.07) is 5.59. The molecular weight excluding hydrogens is 441 g/mol. The number of rotatable bonds is 3. The predicted molar refractivity (Wildman–Crippen MR) is 101 cm³/mol. The van der Waals surface area contributed by atoms with Crippen molar-refractivity contribution in [2.45, 2.75) is 10.9 Å². The third-order valence-corrected chi connectivity index (χ3v) is 4.91. The van der Waals surface area contributed by atoms with Crippen molar-refractivity contribution in [1.82, 2.24) is 29.9 Å². The van der Waals surface area contributed by atoms with Gasteiger partial charge in [-0.3, -0.25) is 4.79 Å². The number of halogens is 1. The van der Waals surface area contributed by atoms with E-state index in [1.54, 1.807) is 0 Å². The van der Waals surface area contributed by atoms with E-state index >= 15 is 0 Å². The molecule has 0 fully saturated rings. The molecule has 24 heavy (non-hydrogen) atoms. The molecule has 0 radical (unpaired) electrons. The molecule has 0 aliphatic carbocycles. The number of imidazole rings is 1. The molecule has 0 unspecified atom stereocenters. The number of nitrogen functional groups attached to an aromatic ring is 1. The highest BCUT2D eigenvalue weighted by Gasteiger charge is 2.10. The first-order chi connectivity index (χ1) is 11.6. The zero-order chi connectivity index (χ0) is 16.7. The lowest BCUT2D eigenvalue weighted by molar-refractivity contribution is 1.02. The maximum atomic E-state index is 12.2. The summed E-state index contributed by atoms with van der Waals surface area (Å²) >= 11 is 3.57. The molecule has 10 heteroatoms. The fourth-order valence-corrected chi connectivity index (χ4v) is 3.48. The van der Waals surface area contributed by atoms with E-state index in [-0.39, 0.29) is 5.56 Å². The van der Waals surface area contributed by atoms with Gasteiger partial charge in [0.15, 0.2) is 16.6 Å². The Labute approximate surface area is 152 Å². The van der Waals surface area contributed by atoms with Crippen molar-refractivity contribution in [2.24, 2.45) is 0 Å². The number of hydrogen-bond donors (Lipinski definition) is 3. The average Bonchev–Trinajstić information content (AvgIpc) is 2.98. The van der Waals surface area contributed by atoms with Crippen molar-refractivity contribution in [3.8, 4) is 0 Å². The number of anilines is 1. The molecule has 0 spiro atoms. The monoisotopic (exact) mass is 451 g/mol. The second-order valence-corrected chi connectivity index (χ2v) is 7.17. The summed E-state index contributed by atoms with van der Waals surface area (Å²) in [4.78, 5) is 34.9. The van der Waals surface area contributed by atoms with E-state index in [1.165, 1.54) is 18.1 Å². The Morgan fingerprint density at radius 2 is 2.08 bits per heavy atom. The van der Waals surface area contributed by atoms with Crippen LogP contribution in [0.3, 0.4) is 0 Å². The topological polar surface area (TPSA) is 126 Å². The van der Waals surface area contributed by atoms with Crippen LogP contribution in [0, 0.1) is 3.57 Å². The molecule has 0 atom stereocenters. The van der Waals surface area contributed by atoms with Crippen LogP contribution in [0.15, 0.2) is 34.5 Å². The maximum absolute atomic E-state index is 12.2. The van der Waals surface area contributed by atoms with Crippen molar-refractivity contribution in [2.75, 3.05) is 5.73 Å². The van der Waals surface area contributed by atoms with Gasteiger partial charge in [-0.2, -0.15) is 0 Å². The third kappa shape index (κ3) is 2.82. The number of aromatic nitrogens is 6. The Morgan fingerprint density at radius 3 is 2.92 bits per heavy atom. The van der Waals surface area contributed by atoms with E-state index in [4.69, 9.17) is 5.73 Å². The summed E-state index contributed by atoms with van der Waals surface area (Å²) in [5.74, 6) is 1.40. The Bertz CT molecular complexity index is 1120. The van der Waals surface area contributed by atoms with Gasteiger partial charge >= 0.3 is 0 Å². The molecule has 120 valence electrons. The van der Waals surface area contributed by atoms with Gasteiger partial charge in [-0.25, -0.2) is 19.9 Å². The first kappa shape index (κ1) is 15.3.